The van der Waals surface area contributed by atoms with Crippen LogP contribution in [0.5, 0.6) is 0 Å². The number of hydrogen-bond acceptors (Lipinski definition) is 3. The van der Waals surface area contributed by atoms with E-state index in [0.717, 1.165) is 17.1 Å². The summed E-state index contributed by atoms with van der Waals surface area (Å²) in [6, 6.07) is 57.7. The molecule has 0 spiro atoms. The summed E-state index contributed by atoms with van der Waals surface area (Å²) in [6.45, 7) is 4.97. The average molecular weight is 722 g/mol. The lowest BCUT2D eigenvalue weighted by molar-refractivity contribution is 1.05. The molecule has 5 heteroatoms. The molecule has 2 aliphatic rings. The minimum Gasteiger partial charge on any atom is -0.353 e. The molecule has 12 rings (SSSR count). The molecule has 0 saturated carbocycles. The Kier molecular flexibility index (Phi) is 6.42. The molecule has 1 atom stereocenters. The molecule has 1 N–H and O–H groups in total. The van der Waals surface area contributed by atoms with Gasteiger partial charge in [0.25, 0.3) is 0 Å². The highest BCUT2D eigenvalue weighted by molar-refractivity contribution is 7.26. The number of aromatic amines is 1. The number of anilines is 3. The molecule has 0 bridgehead atoms. The molecule has 4 heterocycles. The second kappa shape index (κ2) is 11.4. The monoisotopic (exact) mass is 721 g/mol. The van der Waals surface area contributed by atoms with Gasteiger partial charge in [-0.2, -0.15) is 0 Å². The first-order valence-corrected chi connectivity index (χ1v) is 20.0. The largest absolute Gasteiger partial charge is 0.353 e. The summed E-state index contributed by atoms with van der Waals surface area (Å²) in [4.78, 5) is 7.70. The van der Waals surface area contributed by atoms with Crippen molar-refractivity contribution in [2.24, 2.45) is 0 Å². The van der Waals surface area contributed by atoms with E-state index in [0.29, 0.717) is 0 Å². The third kappa shape index (κ3) is 4.22. The van der Waals surface area contributed by atoms with Gasteiger partial charge in [0.15, 0.2) is 7.28 Å². The first-order chi connectivity index (χ1) is 26.7. The number of nitrogens with zero attached hydrogens (tertiary/aromatic N) is 1. The fraction of sp³-hybridized carbons (Fsp3) is 0.0204. The van der Waals surface area contributed by atoms with Crippen molar-refractivity contribution in [2.45, 2.75) is 5.92 Å². The Labute approximate surface area is 321 Å². The molecule has 251 valence electrons. The zero-order valence-electron chi connectivity index (χ0n) is 29.1. The Bertz CT molecular complexity index is 3130. The van der Waals surface area contributed by atoms with Gasteiger partial charge in [0.1, 0.15) is 0 Å². The second-order valence-corrected chi connectivity index (χ2v) is 16.5. The van der Waals surface area contributed by atoms with Gasteiger partial charge in [0.2, 0.25) is 0 Å². The predicted molar refractivity (Wildman–Crippen MR) is 234 cm³/mol. The topological polar surface area (TPSA) is 19.0 Å². The maximum atomic E-state index is 4.97. The van der Waals surface area contributed by atoms with Crippen molar-refractivity contribution in [1.82, 2.24) is 4.98 Å². The van der Waals surface area contributed by atoms with Crippen molar-refractivity contribution >= 4 is 105 Å². The summed E-state index contributed by atoms with van der Waals surface area (Å²) in [5, 5.41) is 3.84. The number of hydrogen-bond donors (Lipinski definition) is 1. The summed E-state index contributed by atoms with van der Waals surface area (Å²) in [7, 11) is 2.45. The first-order valence-electron chi connectivity index (χ1n) is 18.4. The Hall–Kier alpha value is -6.14. The fourth-order valence-electron chi connectivity index (χ4n) is 9.20. The maximum Gasteiger partial charge on any atom is 0.193 e. The maximum absolute atomic E-state index is 4.97. The van der Waals surface area contributed by atoms with E-state index >= 15 is 0 Å². The van der Waals surface area contributed by atoms with Crippen LogP contribution in [0.25, 0.3) is 68.4 Å². The summed E-state index contributed by atoms with van der Waals surface area (Å²) in [6.07, 6.45) is 0. The number of fused-ring (bicyclic) bond motifs is 11. The average Bonchev–Trinajstić information content (AvgIpc) is 3.91. The number of thiophene rings is 2. The van der Waals surface area contributed by atoms with Gasteiger partial charge in [-0.05, 0) is 76.4 Å². The van der Waals surface area contributed by atoms with Crippen molar-refractivity contribution in [2.75, 3.05) is 4.90 Å². The summed E-state index contributed by atoms with van der Waals surface area (Å²) >= 11 is 3.77. The highest BCUT2D eigenvalue weighted by Gasteiger charge is 2.39. The third-order valence-corrected chi connectivity index (χ3v) is 13.9. The Morgan fingerprint density at radius 2 is 1.20 bits per heavy atom. The van der Waals surface area contributed by atoms with E-state index < -0.39 is 0 Å². The first kappa shape index (κ1) is 30.3. The van der Waals surface area contributed by atoms with Gasteiger partial charge in [-0.3, -0.25) is 0 Å². The van der Waals surface area contributed by atoms with Gasteiger partial charge in [0.05, 0.1) is 15.7 Å². The standard InChI is InChI=1S/C49H30BN2S2/c1-28-42-38-27-31(52(29-14-4-2-5-15-29)30-16-6-3-7-17-30)26-37(32-20-12-22-36-46(32)51-47-34-19-9-11-25-41(34)54-49(36)47)45(38)50-39-23-13-21-35(44(39)42)48-43(28)33-18-8-10-24-40(33)53-48/h2-27,42,51H,1H2. The molecule has 0 saturated heterocycles. The molecule has 0 amide bonds. The number of H-pyrrole nitrogens is 1. The molecule has 3 aromatic heterocycles. The molecule has 2 nitrogen and oxygen atoms in total. The molecular formula is C49H30BN2S2. The highest BCUT2D eigenvalue weighted by Crippen LogP contribution is 2.55. The number of para-hydroxylation sites is 3. The van der Waals surface area contributed by atoms with Crippen LogP contribution in [0.1, 0.15) is 22.6 Å². The summed E-state index contributed by atoms with van der Waals surface area (Å²) < 4.78 is 3.93. The third-order valence-electron chi connectivity index (χ3n) is 11.5. The van der Waals surface area contributed by atoms with E-state index in [4.69, 9.17) is 6.58 Å². The van der Waals surface area contributed by atoms with Crippen LogP contribution >= 0.6 is 22.7 Å². The molecule has 1 radical (unpaired) electrons. The van der Waals surface area contributed by atoms with Gasteiger partial charge in [-0.1, -0.05) is 127 Å². The second-order valence-electron chi connectivity index (χ2n) is 14.4. The van der Waals surface area contributed by atoms with Gasteiger partial charge >= 0.3 is 0 Å². The molecule has 0 fully saturated rings. The van der Waals surface area contributed by atoms with E-state index in [9.17, 15) is 0 Å². The van der Waals surface area contributed by atoms with Gasteiger partial charge in [-0.15, -0.1) is 22.7 Å². The van der Waals surface area contributed by atoms with Crippen LogP contribution in [-0.2, 0) is 0 Å². The molecule has 10 aromatic rings. The highest BCUT2D eigenvalue weighted by atomic mass is 32.1. The van der Waals surface area contributed by atoms with Crippen LogP contribution in [0.2, 0.25) is 0 Å². The number of allylic oxidation sites excluding steroid dienone is 1. The van der Waals surface area contributed by atoms with Gasteiger partial charge in [0, 0.05) is 64.5 Å². The smallest absolute Gasteiger partial charge is 0.193 e. The van der Waals surface area contributed by atoms with E-state index in [1.165, 1.54) is 96.0 Å². The minimum atomic E-state index is 0.00378. The number of rotatable bonds is 4. The predicted octanol–water partition coefficient (Wildman–Crippen LogP) is 12.7. The normalized spacial score (nSPS) is 14.3. The summed E-state index contributed by atoms with van der Waals surface area (Å²) in [5.74, 6) is 0.00378. The SMILES string of the molecule is C=C1c2c(sc3ccccc23)-c2cccc3c2C1c1cc(N(c2ccccc2)c2ccccc2)cc(-c2cccc4c2[nH]c2c5ccccc5sc42)c1[B]3. The van der Waals surface area contributed by atoms with E-state index in [2.05, 4.69) is 175 Å². The Morgan fingerprint density at radius 1 is 0.556 bits per heavy atom. The minimum absolute atomic E-state index is 0.00378. The van der Waals surface area contributed by atoms with Crippen molar-refractivity contribution in [3.63, 3.8) is 0 Å². The van der Waals surface area contributed by atoms with E-state index in [1.54, 1.807) is 0 Å². The molecule has 7 aromatic carbocycles. The van der Waals surface area contributed by atoms with E-state index in [-0.39, 0.29) is 5.92 Å². The van der Waals surface area contributed by atoms with Crippen molar-refractivity contribution in [3.05, 3.63) is 181 Å². The molecular weight excluding hydrogens is 691 g/mol. The number of nitrogens with one attached hydrogen (secondary N) is 1. The van der Waals surface area contributed by atoms with Crippen LogP contribution < -0.4 is 15.8 Å². The Balaban J connectivity index is 1.18. The molecule has 54 heavy (non-hydrogen) atoms. The molecule has 1 aliphatic carbocycles. The van der Waals surface area contributed by atoms with Crippen molar-refractivity contribution < 1.29 is 0 Å². The number of benzene rings is 7. The lowest BCUT2D eigenvalue weighted by Crippen LogP contribution is -2.42. The van der Waals surface area contributed by atoms with Crippen molar-refractivity contribution in [3.8, 4) is 21.6 Å². The van der Waals surface area contributed by atoms with Crippen LogP contribution in [-0.4, -0.2) is 12.3 Å². The van der Waals surface area contributed by atoms with Crippen LogP contribution in [0.4, 0.5) is 17.1 Å². The van der Waals surface area contributed by atoms with Gasteiger partial charge < -0.3 is 9.88 Å². The molecule has 1 unspecified atom stereocenters. The molecule has 1 aliphatic heterocycles. The zero-order valence-corrected chi connectivity index (χ0v) is 30.8. The fourth-order valence-corrected chi connectivity index (χ4v) is 11.7. The summed E-state index contributed by atoms with van der Waals surface area (Å²) in [5.41, 5.74) is 17.2. The van der Waals surface area contributed by atoms with Crippen LogP contribution in [0.15, 0.2) is 164 Å². The van der Waals surface area contributed by atoms with Gasteiger partial charge in [-0.25, -0.2) is 0 Å². The lowest BCUT2D eigenvalue weighted by atomic mass is 9.50. The van der Waals surface area contributed by atoms with Crippen molar-refractivity contribution in [1.29, 1.82) is 0 Å². The zero-order chi connectivity index (χ0) is 35.5. The lowest BCUT2D eigenvalue weighted by Gasteiger charge is -2.38. The number of aromatic nitrogens is 1. The quantitative estimate of drug-likeness (QED) is 0.179. The van der Waals surface area contributed by atoms with Crippen LogP contribution in [0, 0.1) is 0 Å². The van der Waals surface area contributed by atoms with Crippen LogP contribution in [0.3, 0.4) is 0 Å². The Morgan fingerprint density at radius 3 is 1.98 bits per heavy atom. The van der Waals surface area contributed by atoms with E-state index in [1.807, 2.05) is 22.7 Å².